The van der Waals surface area contributed by atoms with Gasteiger partial charge in [-0.05, 0) is 49.9 Å². The van der Waals surface area contributed by atoms with Gasteiger partial charge >= 0.3 is 0 Å². The molecule has 3 heteroatoms. The summed E-state index contributed by atoms with van der Waals surface area (Å²) in [5, 5.41) is 3.44. The molecule has 94 valence electrons. The van der Waals surface area contributed by atoms with Crippen molar-refractivity contribution < 1.29 is 9.47 Å². The van der Waals surface area contributed by atoms with Gasteiger partial charge in [-0.1, -0.05) is 6.07 Å². The van der Waals surface area contributed by atoms with Gasteiger partial charge in [-0.25, -0.2) is 0 Å². The zero-order valence-corrected chi connectivity index (χ0v) is 10.7. The number of methoxy groups -OCH3 is 2. The first-order valence-corrected chi connectivity index (χ1v) is 6.28. The zero-order chi connectivity index (χ0) is 12.1. The van der Waals surface area contributed by atoms with E-state index in [-0.39, 0.29) is 0 Å². The average Bonchev–Trinajstić information content (AvgIpc) is 2.66. The maximum Gasteiger partial charge on any atom is 0.126 e. The van der Waals surface area contributed by atoms with E-state index in [4.69, 9.17) is 9.47 Å². The third kappa shape index (κ3) is 2.91. The molecule has 3 nitrogen and oxygen atoms in total. The van der Waals surface area contributed by atoms with Crippen LogP contribution in [0.1, 0.15) is 30.7 Å². The number of benzene rings is 1. The molecular weight excluding hydrogens is 214 g/mol. The van der Waals surface area contributed by atoms with Crippen LogP contribution in [0, 0.1) is 0 Å². The van der Waals surface area contributed by atoms with E-state index >= 15 is 0 Å². The lowest BCUT2D eigenvalue weighted by Gasteiger charge is -2.18. The standard InChI is InChI=1S/C14H21NO2/c1-16-12-5-6-13(14(10-12)17-2)11-4-3-8-15-9-7-11/h5-6,10-11,15H,3-4,7-9H2,1-2H3. The minimum Gasteiger partial charge on any atom is -0.497 e. The molecule has 1 fully saturated rings. The van der Waals surface area contributed by atoms with E-state index in [1.165, 1.54) is 24.8 Å². The van der Waals surface area contributed by atoms with E-state index in [9.17, 15) is 0 Å². The number of ether oxygens (including phenoxy) is 2. The second-order valence-corrected chi connectivity index (χ2v) is 4.49. The van der Waals surface area contributed by atoms with Crippen LogP contribution in [-0.4, -0.2) is 27.3 Å². The van der Waals surface area contributed by atoms with Crippen LogP contribution >= 0.6 is 0 Å². The van der Waals surface area contributed by atoms with Crippen molar-refractivity contribution in [3.05, 3.63) is 23.8 Å². The molecule has 1 aromatic rings. The summed E-state index contributed by atoms with van der Waals surface area (Å²) in [5.74, 6) is 2.42. The van der Waals surface area contributed by atoms with E-state index in [1.54, 1.807) is 14.2 Å². The molecule has 0 bridgehead atoms. The van der Waals surface area contributed by atoms with Crippen molar-refractivity contribution in [3.8, 4) is 11.5 Å². The van der Waals surface area contributed by atoms with Crippen molar-refractivity contribution in [1.29, 1.82) is 0 Å². The zero-order valence-electron chi connectivity index (χ0n) is 10.7. The van der Waals surface area contributed by atoms with Crippen molar-refractivity contribution in [2.24, 2.45) is 0 Å². The van der Waals surface area contributed by atoms with Crippen molar-refractivity contribution in [3.63, 3.8) is 0 Å². The molecule has 0 amide bonds. The fraction of sp³-hybridized carbons (Fsp3) is 0.571. The Hall–Kier alpha value is -1.22. The van der Waals surface area contributed by atoms with Gasteiger partial charge in [-0.2, -0.15) is 0 Å². The Morgan fingerprint density at radius 3 is 2.76 bits per heavy atom. The first-order valence-electron chi connectivity index (χ1n) is 6.28. The predicted octanol–water partition coefficient (Wildman–Crippen LogP) is 2.56. The third-order valence-electron chi connectivity index (χ3n) is 3.46. The fourth-order valence-electron chi connectivity index (χ4n) is 2.49. The number of hydrogen-bond donors (Lipinski definition) is 1. The molecule has 1 unspecified atom stereocenters. The number of rotatable bonds is 3. The van der Waals surface area contributed by atoms with Crippen molar-refractivity contribution in [2.75, 3.05) is 27.3 Å². The average molecular weight is 235 g/mol. The topological polar surface area (TPSA) is 30.5 Å². The van der Waals surface area contributed by atoms with Crippen molar-refractivity contribution >= 4 is 0 Å². The highest BCUT2D eigenvalue weighted by atomic mass is 16.5. The molecule has 0 spiro atoms. The molecule has 17 heavy (non-hydrogen) atoms. The molecule has 1 heterocycles. The summed E-state index contributed by atoms with van der Waals surface area (Å²) < 4.78 is 10.7. The van der Waals surface area contributed by atoms with Gasteiger partial charge in [0.1, 0.15) is 11.5 Å². The summed E-state index contributed by atoms with van der Waals surface area (Å²) in [5.41, 5.74) is 1.32. The predicted molar refractivity (Wildman–Crippen MR) is 69.0 cm³/mol. The van der Waals surface area contributed by atoms with E-state index in [1.807, 2.05) is 12.1 Å². The van der Waals surface area contributed by atoms with Gasteiger partial charge in [-0.3, -0.25) is 0 Å². The smallest absolute Gasteiger partial charge is 0.126 e. The van der Waals surface area contributed by atoms with Crippen molar-refractivity contribution in [1.82, 2.24) is 5.32 Å². The minimum atomic E-state index is 0.603. The van der Waals surface area contributed by atoms with Crippen LogP contribution in [0.15, 0.2) is 18.2 Å². The van der Waals surface area contributed by atoms with E-state index in [0.29, 0.717) is 5.92 Å². The van der Waals surface area contributed by atoms with E-state index in [2.05, 4.69) is 11.4 Å². The molecule has 1 aliphatic heterocycles. The molecule has 1 N–H and O–H groups in total. The fourth-order valence-corrected chi connectivity index (χ4v) is 2.49. The van der Waals surface area contributed by atoms with Gasteiger partial charge in [0.2, 0.25) is 0 Å². The molecular formula is C14H21NO2. The maximum absolute atomic E-state index is 5.48. The van der Waals surface area contributed by atoms with Crippen LogP contribution in [0.5, 0.6) is 11.5 Å². The van der Waals surface area contributed by atoms with E-state index < -0.39 is 0 Å². The third-order valence-corrected chi connectivity index (χ3v) is 3.46. The van der Waals surface area contributed by atoms with Crippen molar-refractivity contribution in [2.45, 2.75) is 25.2 Å². The number of hydrogen-bond acceptors (Lipinski definition) is 3. The Morgan fingerprint density at radius 1 is 1.12 bits per heavy atom. The molecule has 0 aromatic heterocycles. The summed E-state index contributed by atoms with van der Waals surface area (Å²) in [4.78, 5) is 0. The van der Waals surface area contributed by atoms with Gasteiger partial charge in [0.25, 0.3) is 0 Å². The van der Waals surface area contributed by atoms with Crippen LogP contribution in [0.3, 0.4) is 0 Å². The quantitative estimate of drug-likeness (QED) is 0.873. The summed E-state index contributed by atoms with van der Waals surface area (Å²) in [6.07, 6.45) is 3.65. The largest absolute Gasteiger partial charge is 0.497 e. The van der Waals surface area contributed by atoms with Gasteiger partial charge in [0.05, 0.1) is 14.2 Å². The Morgan fingerprint density at radius 2 is 2.00 bits per heavy atom. The van der Waals surface area contributed by atoms with Gasteiger partial charge in [-0.15, -0.1) is 0 Å². The minimum absolute atomic E-state index is 0.603. The maximum atomic E-state index is 5.48. The Labute approximate surface area is 103 Å². The van der Waals surface area contributed by atoms with Crippen LogP contribution < -0.4 is 14.8 Å². The van der Waals surface area contributed by atoms with Gasteiger partial charge < -0.3 is 14.8 Å². The molecule has 0 saturated carbocycles. The molecule has 1 aromatic carbocycles. The lowest BCUT2D eigenvalue weighted by atomic mass is 9.91. The molecule has 1 atom stereocenters. The SMILES string of the molecule is COc1ccc(C2CCCNCC2)c(OC)c1. The van der Waals surface area contributed by atoms with Crippen LogP contribution in [0.25, 0.3) is 0 Å². The first kappa shape index (κ1) is 12.2. The normalized spacial score (nSPS) is 20.7. The second-order valence-electron chi connectivity index (χ2n) is 4.49. The number of nitrogens with one attached hydrogen (secondary N) is 1. The Kier molecular flexibility index (Phi) is 4.26. The summed E-state index contributed by atoms with van der Waals surface area (Å²) >= 11 is 0. The van der Waals surface area contributed by atoms with Gasteiger partial charge in [0, 0.05) is 6.07 Å². The summed E-state index contributed by atoms with van der Waals surface area (Å²) in [7, 11) is 3.41. The summed E-state index contributed by atoms with van der Waals surface area (Å²) in [6.45, 7) is 2.23. The Bertz CT molecular complexity index is 357. The molecule has 2 rings (SSSR count). The first-order chi connectivity index (χ1) is 8.35. The Balaban J connectivity index is 2.23. The lowest BCUT2D eigenvalue weighted by Crippen LogP contribution is -2.13. The molecule has 0 radical (unpaired) electrons. The van der Waals surface area contributed by atoms with Gasteiger partial charge in [0.15, 0.2) is 0 Å². The second kappa shape index (κ2) is 5.92. The highest BCUT2D eigenvalue weighted by Gasteiger charge is 2.18. The van der Waals surface area contributed by atoms with Crippen LogP contribution in [0.2, 0.25) is 0 Å². The summed E-state index contributed by atoms with van der Waals surface area (Å²) in [6, 6.07) is 6.15. The van der Waals surface area contributed by atoms with Crippen LogP contribution in [0.4, 0.5) is 0 Å². The monoisotopic (exact) mass is 235 g/mol. The highest BCUT2D eigenvalue weighted by molar-refractivity contribution is 5.42. The van der Waals surface area contributed by atoms with Crippen LogP contribution in [-0.2, 0) is 0 Å². The molecule has 1 saturated heterocycles. The molecule has 0 aliphatic carbocycles. The highest BCUT2D eigenvalue weighted by Crippen LogP contribution is 2.35. The molecule has 1 aliphatic rings. The lowest BCUT2D eigenvalue weighted by molar-refractivity contribution is 0.386. The van der Waals surface area contributed by atoms with E-state index in [0.717, 1.165) is 24.6 Å².